The van der Waals surface area contributed by atoms with Gasteiger partial charge in [-0.05, 0) is 44.9 Å². The van der Waals surface area contributed by atoms with Crippen LogP contribution in [0, 0.1) is 0 Å². The van der Waals surface area contributed by atoms with E-state index in [0.29, 0.717) is 43.9 Å². The van der Waals surface area contributed by atoms with Crippen LogP contribution in [0.4, 0.5) is 0 Å². The minimum Gasteiger partial charge on any atom is -0.368 e. The van der Waals surface area contributed by atoms with Crippen molar-refractivity contribution < 1.29 is 23.9 Å². The van der Waals surface area contributed by atoms with E-state index in [1.165, 1.54) is 11.0 Å². The number of fused-ring (bicyclic) bond motifs is 1. The molecule has 4 rings (SSSR count). The minimum absolute atomic E-state index is 0.00464. The third kappa shape index (κ3) is 3.42. The van der Waals surface area contributed by atoms with Gasteiger partial charge in [-0.25, -0.2) is 0 Å². The van der Waals surface area contributed by atoms with Gasteiger partial charge < -0.3 is 14.5 Å². The van der Waals surface area contributed by atoms with Crippen LogP contribution >= 0.6 is 0 Å². The molecule has 3 aliphatic heterocycles. The second-order valence-electron chi connectivity index (χ2n) is 7.95. The molecule has 0 radical (unpaired) electrons. The van der Waals surface area contributed by atoms with Crippen molar-refractivity contribution in [2.75, 3.05) is 32.8 Å². The monoisotopic (exact) mass is 399 g/mol. The van der Waals surface area contributed by atoms with Crippen LogP contribution < -0.4 is 0 Å². The van der Waals surface area contributed by atoms with Crippen LogP contribution in [-0.2, 0) is 9.53 Å². The number of nitrogens with zero attached hydrogens (tertiary/aromatic N) is 3. The van der Waals surface area contributed by atoms with Crippen molar-refractivity contribution in [1.29, 1.82) is 0 Å². The molecular weight excluding hydrogens is 374 g/mol. The smallest absolute Gasteiger partial charge is 0.261 e. The van der Waals surface area contributed by atoms with Crippen molar-refractivity contribution in [1.82, 2.24) is 14.7 Å². The summed E-state index contributed by atoms with van der Waals surface area (Å²) in [6.07, 6.45) is 1.32. The number of imide groups is 1. The summed E-state index contributed by atoms with van der Waals surface area (Å²) < 4.78 is 5.46. The van der Waals surface area contributed by atoms with Gasteiger partial charge in [0.25, 0.3) is 23.6 Å². The first-order valence-corrected chi connectivity index (χ1v) is 10.1. The zero-order valence-electron chi connectivity index (χ0n) is 16.7. The molecule has 2 saturated heterocycles. The van der Waals surface area contributed by atoms with Gasteiger partial charge in [0.15, 0.2) is 0 Å². The molecule has 0 bridgehead atoms. The Kier molecular flexibility index (Phi) is 5.12. The van der Waals surface area contributed by atoms with Gasteiger partial charge in [-0.1, -0.05) is 0 Å². The van der Waals surface area contributed by atoms with E-state index < -0.39 is 0 Å². The molecule has 8 nitrogen and oxygen atoms in total. The summed E-state index contributed by atoms with van der Waals surface area (Å²) in [4.78, 5) is 55.0. The highest BCUT2D eigenvalue weighted by molar-refractivity contribution is 6.22. The van der Waals surface area contributed by atoms with E-state index in [9.17, 15) is 19.2 Å². The lowest BCUT2D eigenvalue weighted by atomic mass is 10.0. The van der Waals surface area contributed by atoms with Crippen molar-refractivity contribution in [2.24, 2.45) is 0 Å². The van der Waals surface area contributed by atoms with Gasteiger partial charge in [0.1, 0.15) is 6.10 Å². The largest absolute Gasteiger partial charge is 0.368 e. The Morgan fingerprint density at radius 2 is 1.66 bits per heavy atom. The summed E-state index contributed by atoms with van der Waals surface area (Å²) in [5.74, 6) is -0.868. The lowest BCUT2D eigenvalue weighted by Gasteiger charge is -2.35. The van der Waals surface area contributed by atoms with Gasteiger partial charge in [0.05, 0.1) is 11.1 Å². The zero-order chi connectivity index (χ0) is 20.7. The van der Waals surface area contributed by atoms with E-state index in [4.69, 9.17) is 4.74 Å². The maximum Gasteiger partial charge on any atom is 0.261 e. The highest BCUT2D eigenvalue weighted by atomic mass is 16.5. The summed E-state index contributed by atoms with van der Waals surface area (Å²) in [7, 11) is 0. The summed E-state index contributed by atoms with van der Waals surface area (Å²) in [6.45, 7) is 5.99. The Bertz CT molecular complexity index is 867. The van der Waals surface area contributed by atoms with Gasteiger partial charge in [0.2, 0.25) is 0 Å². The zero-order valence-corrected chi connectivity index (χ0v) is 16.7. The Hall–Kier alpha value is -2.74. The number of hydrogen-bond donors (Lipinski definition) is 0. The molecule has 0 saturated carbocycles. The van der Waals surface area contributed by atoms with Gasteiger partial charge in [-0.3, -0.25) is 24.1 Å². The Morgan fingerprint density at radius 3 is 2.28 bits per heavy atom. The minimum atomic E-state index is -0.360. The molecule has 1 aromatic rings. The van der Waals surface area contributed by atoms with Crippen LogP contribution in [-0.4, -0.2) is 83.3 Å². The number of piperazine rings is 1. The van der Waals surface area contributed by atoms with Gasteiger partial charge in [-0.15, -0.1) is 0 Å². The second kappa shape index (κ2) is 7.59. The second-order valence-corrected chi connectivity index (χ2v) is 7.95. The molecule has 1 atom stereocenters. The Labute approximate surface area is 169 Å². The molecule has 1 unspecified atom stereocenters. The average Bonchev–Trinajstić information content (AvgIpc) is 3.34. The number of hydrogen-bond acceptors (Lipinski definition) is 5. The maximum atomic E-state index is 12.9. The highest BCUT2D eigenvalue weighted by Crippen LogP contribution is 2.26. The van der Waals surface area contributed by atoms with Crippen LogP contribution in [0.5, 0.6) is 0 Å². The quantitative estimate of drug-likeness (QED) is 0.712. The van der Waals surface area contributed by atoms with E-state index >= 15 is 0 Å². The highest BCUT2D eigenvalue weighted by Gasteiger charge is 2.38. The molecule has 0 N–H and O–H groups in total. The van der Waals surface area contributed by atoms with Crippen LogP contribution in [0.25, 0.3) is 0 Å². The fraction of sp³-hybridized carbons (Fsp3) is 0.524. The Morgan fingerprint density at radius 1 is 1.00 bits per heavy atom. The molecule has 1 aromatic carbocycles. The molecule has 0 spiro atoms. The van der Waals surface area contributed by atoms with Gasteiger partial charge in [0, 0.05) is 44.4 Å². The van der Waals surface area contributed by atoms with E-state index in [0.717, 1.165) is 12.8 Å². The molecule has 154 valence electrons. The molecule has 0 aromatic heterocycles. The standard InChI is InChI=1S/C21H25N3O5/c1-13(2)24-19(26)15-6-5-14(12-16(15)20(24)27)18(25)22-7-9-23(10-8-22)21(28)17-4-3-11-29-17/h5-6,12-13,17H,3-4,7-11H2,1-2H3. The molecule has 3 aliphatic rings. The lowest BCUT2D eigenvalue weighted by molar-refractivity contribution is -0.142. The number of carbonyl (C=O) groups excluding carboxylic acids is 4. The molecule has 3 heterocycles. The number of rotatable bonds is 3. The molecule has 2 fully saturated rings. The number of ether oxygens (including phenoxy) is 1. The topological polar surface area (TPSA) is 87.2 Å². The summed E-state index contributed by atoms with van der Waals surface area (Å²) >= 11 is 0. The van der Waals surface area contributed by atoms with Crippen LogP contribution in [0.1, 0.15) is 57.8 Å². The fourth-order valence-corrected chi connectivity index (χ4v) is 4.15. The predicted octanol–water partition coefficient (Wildman–Crippen LogP) is 1.15. The normalized spacial score (nSPS) is 21.9. The van der Waals surface area contributed by atoms with Crippen LogP contribution in [0.2, 0.25) is 0 Å². The van der Waals surface area contributed by atoms with Crippen molar-refractivity contribution in [3.63, 3.8) is 0 Å². The molecule has 29 heavy (non-hydrogen) atoms. The van der Waals surface area contributed by atoms with Crippen molar-refractivity contribution in [3.8, 4) is 0 Å². The molecule has 0 aliphatic carbocycles. The van der Waals surface area contributed by atoms with E-state index in [1.807, 2.05) is 0 Å². The van der Waals surface area contributed by atoms with E-state index in [-0.39, 0.29) is 41.3 Å². The van der Waals surface area contributed by atoms with Crippen LogP contribution in [0.15, 0.2) is 18.2 Å². The van der Waals surface area contributed by atoms with Crippen molar-refractivity contribution in [2.45, 2.75) is 38.8 Å². The van der Waals surface area contributed by atoms with E-state index in [2.05, 4.69) is 0 Å². The first kappa shape index (κ1) is 19.6. The molecule has 8 heteroatoms. The van der Waals surface area contributed by atoms with Crippen LogP contribution in [0.3, 0.4) is 0 Å². The predicted molar refractivity (Wildman–Crippen MR) is 104 cm³/mol. The molecular formula is C21H25N3O5. The first-order valence-electron chi connectivity index (χ1n) is 10.1. The third-order valence-corrected chi connectivity index (χ3v) is 5.77. The maximum absolute atomic E-state index is 12.9. The fourth-order valence-electron chi connectivity index (χ4n) is 4.15. The SMILES string of the molecule is CC(C)N1C(=O)c2ccc(C(=O)N3CCN(C(=O)C4CCCO4)CC3)cc2C1=O. The van der Waals surface area contributed by atoms with Crippen molar-refractivity contribution >= 4 is 23.6 Å². The molecule has 4 amide bonds. The lowest BCUT2D eigenvalue weighted by Crippen LogP contribution is -2.52. The average molecular weight is 399 g/mol. The summed E-state index contributed by atoms with van der Waals surface area (Å²) in [6, 6.07) is 4.43. The van der Waals surface area contributed by atoms with E-state index in [1.54, 1.807) is 35.8 Å². The number of carbonyl (C=O) groups is 4. The Balaban J connectivity index is 1.43. The summed E-state index contributed by atoms with van der Waals surface area (Å²) in [5.41, 5.74) is 1.00. The summed E-state index contributed by atoms with van der Waals surface area (Å²) in [5, 5.41) is 0. The third-order valence-electron chi connectivity index (χ3n) is 5.77. The number of benzene rings is 1. The van der Waals surface area contributed by atoms with Gasteiger partial charge >= 0.3 is 0 Å². The number of amides is 4. The van der Waals surface area contributed by atoms with Crippen molar-refractivity contribution in [3.05, 3.63) is 34.9 Å². The first-order chi connectivity index (χ1) is 13.9. The van der Waals surface area contributed by atoms with Gasteiger partial charge in [-0.2, -0.15) is 0 Å².